The molecule has 114 valence electrons. The average molecular weight is 296 g/mol. The summed E-state index contributed by atoms with van der Waals surface area (Å²) >= 11 is 0. The average Bonchev–Trinajstić information content (AvgIpc) is 2.45. The maximum atomic E-state index is 12.2. The van der Waals surface area contributed by atoms with Crippen LogP contribution >= 0.6 is 0 Å². The SMILES string of the molecule is CC(=O)Nc1cc(-c2cccc(C)c2)cnc1C(=O)C(C)C. The predicted octanol–water partition coefficient (Wildman–Crippen LogP) is 3.85. The Kier molecular flexibility index (Phi) is 4.71. The molecule has 1 heterocycles. The number of aromatic nitrogens is 1. The lowest BCUT2D eigenvalue weighted by molar-refractivity contribution is -0.114. The van der Waals surface area contributed by atoms with E-state index in [-0.39, 0.29) is 17.6 Å². The number of nitrogens with one attached hydrogen (secondary N) is 1. The van der Waals surface area contributed by atoms with Crippen LogP contribution in [-0.4, -0.2) is 16.7 Å². The minimum Gasteiger partial charge on any atom is -0.324 e. The highest BCUT2D eigenvalue weighted by Gasteiger charge is 2.18. The fourth-order valence-electron chi connectivity index (χ4n) is 2.20. The standard InChI is InChI=1S/C18H20N2O2/c1-11(2)18(22)17-16(20-13(4)21)9-15(10-19-17)14-7-5-6-12(3)8-14/h5-11H,1-4H3,(H,20,21). The second-order valence-corrected chi connectivity index (χ2v) is 5.69. The summed E-state index contributed by atoms with van der Waals surface area (Å²) in [7, 11) is 0. The first-order chi connectivity index (χ1) is 10.4. The van der Waals surface area contributed by atoms with Crippen LogP contribution in [0.5, 0.6) is 0 Å². The second kappa shape index (κ2) is 6.52. The van der Waals surface area contributed by atoms with Crippen LogP contribution in [0.1, 0.15) is 36.8 Å². The minimum atomic E-state index is -0.221. The number of hydrogen-bond acceptors (Lipinski definition) is 3. The van der Waals surface area contributed by atoms with Crippen LogP contribution < -0.4 is 5.32 Å². The Labute approximate surface area is 130 Å². The van der Waals surface area contributed by atoms with Gasteiger partial charge < -0.3 is 5.32 Å². The molecule has 0 saturated heterocycles. The van der Waals surface area contributed by atoms with Crippen molar-refractivity contribution in [3.63, 3.8) is 0 Å². The van der Waals surface area contributed by atoms with Gasteiger partial charge in [-0.15, -0.1) is 0 Å². The third kappa shape index (κ3) is 3.58. The van der Waals surface area contributed by atoms with E-state index in [9.17, 15) is 9.59 Å². The van der Waals surface area contributed by atoms with Gasteiger partial charge in [0.15, 0.2) is 5.78 Å². The summed E-state index contributed by atoms with van der Waals surface area (Å²) < 4.78 is 0. The number of ketones is 1. The van der Waals surface area contributed by atoms with Gasteiger partial charge in [0.1, 0.15) is 5.69 Å². The summed E-state index contributed by atoms with van der Waals surface area (Å²) in [4.78, 5) is 27.9. The van der Waals surface area contributed by atoms with Crippen LogP contribution in [0.3, 0.4) is 0 Å². The van der Waals surface area contributed by atoms with Crippen LogP contribution in [0.2, 0.25) is 0 Å². The van der Waals surface area contributed by atoms with E-state index in [0.29, 0.717) is 11.4 Å². The topological polar surface area (TPSA) is 59.1 Å². The molecule has 4 heteroatoms. The van der Waals surface area contributed by atoms with Gasteiger partial charge in [-0.2, -0.15) is 0 Å². The zero-order valence-corrected chi connectivity index (χ0v) is 13.3. The lowest BCUT2D eigenvalue weighted by atomic mass is 10.0. The van der Waals surface area contributed by atoms with Crippen molar-refractivity contribution in [3.05, 3.63) is 47.8 Å². The molecule has 0 saturated carbocycles. The van der Waals surface area contributed by atoms with E-state index >= 15 is 0 Å². The van der Waals surface area contributed by atoms with E-state index < -0.39 is 0 Å². The Bertz CT molecular complexity index is 721. The molecule has 1 amide bonds. The molecular weight excluding hydrogens is 276 g/mol. The van der Waals surface area contributed by atoms with Gasteiger partial charge in [-0.05, 0) is 18.6 Å². The molecule has 0 aliphatic heterocycles. The smallest absolute Gasteiger partial charge is 0.221 e. The molecule has 0 bridgehead atoms. The van der Waals surface area contributed by atoms with E-state index in [2.05, 4.69) is 10.3 Å². The number of carbonyl (C=O) groups excluding carboxylic acids is 2. The van der Waals surface area contributed by atoms with Crippen molar-refractivity contribution >= 4 is 17.4 Å². The summed E-state index contributed by atoms with van der Waals surface area (Å²) in [5, 5.41) is 2.71. The van der Waals surface area contributed by atoms with Crippen LogP contribution in [0.25, 0.3) is 11.1 Å². The fraction of sp³-hybridized carbons (Fsp3) is 0.278. The molecule has 0 fully saturated rings. The van der Waals surface area contributed by atoms with E-state index in [0.717, 1.165) is 16.7 Å². The van der Waals surface area contributed by atoms with Crippen molar-refractivity contribution in [1.29, 1.82) is 0 Å². The first kappa shape index (κ1) is 15.9. The van der Waals surface area contributed by atoms with Gasteiger partial charge in [0, 0.05) is 24.6 Å². The number of nitrogens with zero attached hydrogens (tertiary/aromatic N) is 1. The Balaban J connectivity index is 2.51. The van der Waals surface area contributed by atoms with E-state index in [1.807, 2.05) is 45.0 Å². The number of carbonyl (C=O) groups is 2. The maximum Gasteiger partial charge on any atom is 0.221 e. The Morgan fingerprint density at radius 2 is 1.86 bits per heavy atom. The number of amides is 1. The van der Waals surface area contributed by atoms with Crippen molar-refractivity contribution in [2.45, 2.75) is 27.7 Å². The highest BCUT2D eigenvalue weighted by molar-refractivity contribution is 6.04. The number of anilines is 1. The molecule has 0 unspecified atom stereocenters. The summed E-state index contributed by atoms with van der Waals surface area (Å²) in [5.41, 5.74) is 3.78. The summed E-state index contributed by atoms with van der Waals surface area (Å²) in [6.07, 6.45) is 1.68. The number of aryl methyl sites for hydroxylation is 1. The molecule has 2 aromatic rings. The zero-order chi connectivity index (χ0) is 16.3. The lowest BCUT2D eigenvalue weighted by Crippen LogP contribution is -2.16. The Morgan fingerprint density at radius 3 is 2.45 bits per heavy atom. The molecule has 4 nitrogen and oxygen atoms in total. The van der Waals surface area contributed by atoms with Gasteiger partial charge in [-0.3, -0.25) is 14.6 Å². The highest BCUT2D eigenvalue weighted by Crippen LogP contribution is 2.26. The zero-order valence-electron chi connectivity index (χ0n) is 13.3. The third-order valence-electron chi connectivity index (χ3n) is 3.31. The van der Waals surface area contributed by atoms with Gasteiger partial charge in [0.05, 0.1) is 5.69 Å². The van der Waals surface area contributed by atoms with Crippen molar-refractivity contribution in [1.82, 2.24) is 4.98 Å². The van der Waals surface area contributed by atoms with E-state index in [1.54, 1.807) is 12.3 Å². The van der Waals surface area contributed by atoms with Crippen LogP contribution in [-0.2, 0) is 4.79 Å². The molecule has 1 aromatic heterocycles. The number of Topliss-reactive ketones (excluding diaryl/α,β-unsaturated/α-hetero) is 1. The molecule has 2 rings (SSSR count). The van der Waals surface area contributed by atoms with Gasteiger partial charge in [-0.25, -0.2) is 0 Å². The number of rotatable bonds is 4. The fourth-order valence-corrected chi connectivity index (χ4v) is 2.20. The molecule has 0 aliphatic carbocycles. The van der Waals surface area contributed by atoms with E-state index in [4.69, 9.17) is 0 Å². The van der Waals surface area contributed by atoms with Crippen LogP contribution in [0.4, 0.5) is 5.69 Å². The van der Waals surface area contributed by atoms with Gasteiger partial charge in [-0.1, -0.05) is 43.7 Å². The van der Waals surface area contributed by atoms with Crippen LogP contribution in [0, 0.1) is 12.8 Å². The first-order valence-electron chi connectivity index (χ1n) is 7.27. The monoisotopic (exact) mass is 296 g/mol. The molecule has 1 N–H and O–H groups in total. The summed E-state index contributed by atoms with van der Waals surface area (Å²) in [6.45, 7) is 7.07. The molecule has 0 radical (unpaired) electrons. The van der Waals surface area contributed by atoms with Crippen molar-refractivity contribution in [3.8, 4) is 11.1 Å². The Hall–Kier alpha value is -2.49. The van der Waals surface area contributed by atoms with Gasteiger partial charge in [0.25, 0.3) is 0 Å². The molecule has 1 aromatic carbocycles. The minimum absolute atomic E-state index is 0.0838. The molecule has 0 spiro atoms. The van der Waals surface area contributed by atoms with Gasteiger partial charge >= 0.3 is 0 Å². The van der Waals surface area contributed by atoms with Crippen molar-refractivity contribution in [2.75, 3.05) is 5.32 Å². The quantitative estimate of drug-likeness (QED) is 0.872. The lowest BCUT2D eigenvalue weighted by Gasteiger charge is -2.12. The molecule has 22 heavy (non-hydrogen) atoms. The molecule has 0 aliphatic rings. The van der Waals surface area contributed by atoms with Crippen LogP contribution in [0.15, 0.2) is 36.5 Å². The third-order valence-corrected chi connectivity index (χ3v) is 3.31. The van der Waals surface area contributed by atoms with Crippen molar-refractivity contribution in [2.24, 2.45) is 5.92 Å². The second-order valence-electron chi connectivity index (χ2n) is 5.69. The summed E-state index contributed by atoms with van der Waals surface area (Å²) in [6, 6.07) is 9.81. The normalized spacial score (nSPS) is 10.6. The van der Waals surface area contributed by atoms with Gasteiger partial charge in [0.2, 0.25) is 5.91 Å². The predicted molar refractivity (Wildman–Crippen MR) is 87.9 cm³/mol. The number of pyridine rings is 1. The molecular formula is C18H20N2O2. The molecule has 0 atom stereocenters. The van der Waals surface area contributed by atoms with E-state index in [1.165, 1.54) is 6.92 Å². The Morgan fingerprint density at radius 1 is 1.14 bits per heavy atom. The highest BCUT2D eigenvalue weighted by atomic mass is 16.1. The summed E-state index contributed by atoms with van der Waals surface area (Å²) in [5.74, 6) is -0.481. The largest absolute Gasteiger partial charge is 0.324 e. The number of benzene rings is 1. The van der Waals surface area contributed by atoms with Crippen molar-refractivity contribution < 1.29 is 9.59 Å². The maximum absolute atomic E-state index is 12.2. The number of hydrogen-bond donors (Lipinski definition) is 1. The first-order valence-corrected chi connectivity index (χ1v) is 7.27.